The van der Waals surface area contributed by atoms with Crippen LogP contribution in [0.3, 0.4) is 0 Å². The van der Waals surface area contributed by atoms with Crippen LogP contribution in [-0.4, -0.2) is 30.9 Å². The molecule has 0 N–H and O–H groups in total. The summed E-state index contributed by atoms with van der Waals surface area (Å²) in [7, 11) is 0. The lowest BCUT2D eigenvalue weighted by Crippen LogP contribution is -2.07. The first-order valence-corrected chi connectivity index (χ1v) is 9.76. The highest BCUT2D eigenvalue weighted by atomic mass is 32.2. The van der Waals surface area contributed by atoms with Crippen molar-refractivity contribution in [3.05, 3.63) is 41.1 Å². The van der Waals surface area contributed by atoms with Crippen molar-refractivity contribution in [1.82, 2.24) is 19.3 Å². The van der Waals surface area contributed by atoms with E-state index in [1.165, 1.54) is 11.8 Å². The number of rotatable bonds is 7. The monoisotopic (exact) mass is 372 g/mol. The second-order valence-electron chi connectivity index (χ2n) is 6.18. The molecule has 0 atom stereocenters. The van der Waals surface area contributed by atoms with Crippen LogP contribution in [0.1, 0.15) is 41.4 Å². The third kappa shape index (κ3) is 3.23. The third-order valence-corrected chi connectivity index (χ3v) is 5.62. The molecule has 3 aromatic rings. The molecule has 0 aromatic carbocycles. The summed E-state index contributed by atoms with van der Waals surface area (Å²) in [6.45, 7) is 11.7. The lowest BCUT2D eigenvalue weighted by molar-refractivity contribution is 0.102. The predicted octanol–water partition coefficient (Wildman–Crippen LogP) is 4.28. The zero-order chi connectivity index (χ0) is 18.8. The van der Waals surface area contributed by atoms with Gasteiger partial charge in [0, 0.05) is 30.0 Å². The maximum absolute atomic E-state index is 12.7. The SMILES string of the molecule is CCn1c(SCC(=O)c2cc(C)n(CC)c2C)nnc1-c1ccoc1C. The van der Waals surface area contributed by atoms with Crippen molar-refractivity contribution in [3.63, 3.8) is 0 Å². The lowest BCUT2D eigenvalue weighted by Gasteiger charge is -2.07. The Balaban J connectivity index is 1.79. The van der Waals surface area contributed by atoms with E-state index in [9.17, 15) is 4.79 Å². The van der Waals surface area contributed by atoms with Crippen LogP contribution in [0.2, 0.25) is 0 Å². The maximum Gasteiger partial charge on any atom is 0.191 e. The Bertz CT molecular complexity index is 936. The summed E-state index contributed by atoms with van der Waals surface area (Å²) in [4.78, 5) is 12.7. The van der Waals surface area contributed by atoms with Crippen LogP contribution in [0, 0.1) is 20.8 Å². The fourth-order valence-electron chi connectivity index (χ4n) is 3.27. The summed E-state index contributed by atoms with van der Waals surface area (Å²) in [5, 5.41) is 9.35. The van der Waals surface area contributed by atoms with Crippen molar-refractivity contribution in [1.29, 1.82) is 0 Å². The Morgan fingerprint density at radius 3 is 2.46 bits per heavy atom. The Labute approximate surface area is 157 Å². The standard InChI is InChI=1S/C19H24N4O2S/c1-6-22-12(3)10-16(13(22)4)17(24)11-26-19-21-20-18(23(19)7-2)15-8-9-25-14(15)5/h8-10H,6-7,11H2,1-5H3. The average molecular weight is 372 g/mol. The fourth-order valence-corrected chi connectivity index (χ4v) is 4.16. The Morgan fingerprint density at radius 1 is 1.15 bits per heavy atom. The van der Waals surface area contributed by atoms with Crippen LogP contribution in [0.15, 0.2) is 28.0 Å². The van der Waals surface area contributed by atoms with Crippen molar-refractivity contribution in [2.45, 2.75) is 52.9 Å². The van der Waals surface area contributed by atoms with Crippen LogP contribution in [-0.2, 0) is 13.1 Å². The number of aryl methyl sites for hydroxylation is 2. The number of hydrogen-bond acceptors (Lipinski definition) is 5. The highest BCUT2D eigenvalue weighted by Crippen LogP contribution is 2.27. The zero-order valence-electron chi connectivity index (χ0n) is 15.9. The maximum atomic E-state index is 12.7. The van der Waals surface area contributed by atoms with Crippen LogP contribution in [0.5, 0.6) is 0 Å². The van der Waals surface area contributed by atoms with Crippen LogP contribution in [0.4, 0.5) is 0 Å². The van der Waals surface area contributed by atoms with Gasteiger partial charge in [-0.3, -0.25) is 4.79 Å². The zero-order valence-corrected chi connectivity index (χ0v) is 16.7. The van der Waals surface area contributed by atoms with Gasteiger partial charge >= 0.3 is 0 Å². The third-order valence-electron chi connectivity index (χ3n) is 4.66. The summed E-state index contributed by atoms with van der Waals surface area (Å²) in [6.07, 6.45) is 1.65. The van der Waals surface area contributed by atoms with Gasteiger partial charge in [0.1, 0.15) is 5.76 Å². The first-order chi connectivity index (χ1) is 12.5. The van der Waals surface area contributed by atoms with Gasteiger partial charge in [-0.25, -0.2) is 0 Å². The van der Waals surface area contributed by atoms with E-state index in [1.807, 2.05) is 44.4 Å². The number of carbonyl (C=O) groups excluding carboxylic acids is 1. The van der Waals surface area contributed by atoms with Gasteiger partial charge < -0.3 is 13.6 Å². The molecule has 0 aliphatic rings. The van der Waals surface area contributed by atoms with Gasteiger partial charge in [0.05, 0.1) is 17.6 Å². The number of hydrogen-bond donors (Lipinski definition) is 0. The van der Waals surface area contributed by atoms with Gasteiger partial charge in [-0.2, -0.15) is 0 Å². The molecular formula is C19H24N4O2S. The van der Waals surface area contributed by atoms with Crippen LogP contribution >= 0.6 is 11.8 Å². The molecule has 138 valence electrons. The quantitative estimate of drug-likeness (QED) is 0.457. The van der Waals surface area contributed by atoms with E-state index in [0.717, 1.165) is 52.3 Å². The second kappa shape index (κ2) is 7.53. The lowest BCUT2D eigenvalue weighted by atomic mass is 10.2. The molecule has 0 unspecified atom stereocenters. The molecule has 26 heavy (non-hydrogen) atoms. The van der Waals surface area contributed by atoms with E-state index in [-0.39, 0.29) is 5.78 Å². The van der Waals surface area contributed by atoms with E-state index >= 15 is 0 Å². The van der Waals surface area contributed by atoms with Crippen molar-refractivity contribution >= 4 is 17.5 Å². The van der Waals surface area contributed by atoms with Crippen molar-refractivity contribution in [2.24, 2.45) is 0 Å². The van der Waals surface area contributed by atoms with E-state index in [4.69, 9.17) is 4.42 Å². The molecule has 3 heterocycles. The topological polar surface area (TPSA) is 65.8 Å². The van der Waals surface area contributed by atoms with Crippen LogP contribution < -0.4 is 0 Å². The molecule has 0 amide bonds. The molecule has 0 aliphatic carbocycles. The van der Waals surface area contributed by atoms with Crippen LogP contribution in [0.25, 0.3) is 11.4 Å². The van der Waals surface area contributed by atoms with E-state index in [1.54, 1.807) is 6.26 Å². The second-order valence-corrected chi connectivity index (χ2v) is 7.12. The Hall–Kier alpha value is -2.28. The molecule has 3 rings (SSSR count). The molecule has 0 aliphatic heterocycles. The van der Waals surface area contributed by atoms with Crippen molar-refractivity contribution in [2.75, 3.05) is 5.75 Å². The van der Waals surface area contributed by atoms with Crippen molar-refractivity contribution < 1.29 is 9.21 Å². The van der Waals surface area contributed by atoms with Gasteiger partial charge in [0.15, 0.2) is 16.8 Å². The molecule has 7 heteroatoms. The number of nitrogens with zero attached hydrogens (tertiary/aromatic N) is 4. The highest BCUT2D eigenvalue weighted by molar-refractivity contribution is 7.99. The van der Waals surface area contributed by atoms with Gasteiger partial charge in [0.25, 0.3) is 0 Å². The molecule has 0 saturated carbocycles. The highest BCUT2D eigenvalue weighted by Gasteiger charge is 2.19. The minimum absolute atomic E-state index is 0.120. The number of Topliss-reactive ketones (excluding diaryl/α,β-unsaturated/α-hetero) is 1. The molecule has 0 fully saturated rings. The number of aromatic nitrogens is 4. The number of ketones is 1. The first kappa shape index (κ1) is 18.5. The molecule has 0 spiro atoms. The van der Waals surface area contributed by atoms with Gasteiger partial charge in [-0.05, 0) is 46.8 Å². The smallest absolute Gasteiger partial charge is 0.191 e. The predicted molar refractivity (Wildman–Crippen MR) is 103 cm³/mol. The number of carbonyl (C=O) groups is 1. The summed E-state index contributed by atoms with van der Waals surface area (Å²) >= 11 is 1.43. The molecule has 3 aromatic heterocycles. The Kier molecular flexibility index (Phi) is 5.36. The van der Waals surface area contributed by atoms with Gasteiger partial charge in [-0.15, -0.1) is 10.2 Å². The van der Waals surface area contributed by atoms with Gasteiger partial charge in [-0.1, -0.05) is 11.8 Å². The largest absolute Gasteiger partial charge is 0.469 e. The van der Waals surface area contributed by atoms with E-state index in [0.29, 0.717) is 5.75 Å². The summed E-state index contributed by atoms with van der Waals surface area (Å²) < 4.78 is 9.55. The Morgan fingerprint density at radius 2 is 1.88 bits per heavy atom. The molecule has 0 radical (unpaired) electrons. The minimum atomic E-state index is 0.120. The molecular weight excluding hydrogens is 348 g/mol. The minimum Gasteiger partial charge on any atom is -0.469 e. The molecule has 0 saturated heterocycles. The summed E-state index contributed by atoms with van der Waals surface area (Å²) in [5.41, 5.74) is 3.88. The fraction of sp³-hybridized carbons (Fsp3) is 0.421. The van der Waals surface area contributed by atoms with Crippen molar-refractivity contribution in [3.8, 4) is 11.4 Å². The molecule has 6 nitrogen and oxygen atoms in total. The van der Waals surface area contributed by atoms with E-state index < -0.39 is 0 Å². The normalized spacial score (nSPS) is 11.3. The number of furan rings is 1. The first-order valence-electron chi connectivity index (χ1n) is 8.78. The number of thioether (sulfide) groups is 1. The van der Waals surface area contributed by atoms with E-state index in [2.05, 4.69) is 21.7 Å². The average Bonchev–Trinajstić information content (AvgIpc) is 3.29. The van der Waals surface area contributed by atoms with Gasteiger partial charge in [0.2, 0.25) is 0 Å². The summed E-state index contributed by atoms with van der Waals surface area (Å²) in [5.74, 6) is 2.05. The molecule has 0 bridgehead atoms. The summed E-state index contributed by atoms with van der Waals surface area (Å²) in [6, 6.07) is 3.87.